The van der Waals surface area contributed by atoms with Crippen LogP contribution in [-0.4, -0.2) is 48.1 Å². The minimum Gasteiger partial charge on any atom is -0.341 e. The SMILES string of the molecule is CN(C)C1CCN(c2nccc(C#N)n2)CC1. The van der Waals surface area contributed by atoms with E-state index < -0.39 is 0 Å². The second kappa shape index (κ2) is 5.11. The third kappa shape index (κ3) is 2.71. The highest BCUT2D eigenvalue weighted by Gasteiger charge is 2.22. The van der Waals surface area contributed by atoms with Gasteiger partial charge in [-0.25, -0.2) is 9.97 Å². The van der Waals surface area contributed by atoms with E-state index in [0.717, 1.165) is 25.9 Å². The quantitative estimate of drug-likeness (QED) is 0.756. The average molecular weight is 231 g/mol. The molecule has 0 spiro atoms. The molecule has 1 aromatic rings. The number of rotatable bonds is 2. The third-order valence-electron chi connectivity index (χ3n) is 3.24. The molecular formula is C12H17N5. The van der Waals surface area contributed by atoms with Crippen LogP contribution in [0.25, 0.3) is 0 Å². The third-order valence-corrected chi connectivity index (χ3v) is 3.24. The maximum absolute atomic E-state index is 8.81. The second-order valence-electron chi connectivity index (χ2n) is 4.54. The molecule has 2 heterocycles. The van der Waals surface area contributed by atoms with Gasteiger partial charge in [-0.1, -0.05) is 0 Å². The van der Waals surface area contributed by atoms with Gasteiger partial charge < -0.3 is 9.80 Å². The summed E-state index contributed by atoms with van der Waals surface area (Å²) in [6.07, 6.45) is 3.89. The molecule has 0 aromatic carbocycles. The summed E-state index contributed by atoms with van der Waals surface area (Å²) in [6.45, 7) is 1.91. The molecular weight excluding hydrogens is 214 g/mol. The van der Waals surface area contributed by atoms with Gasteiger partial charge in [0.25, 0.3) is 0 Å². The number of anilines is 1. The Morgan fingerprint density at radius 2 is 2.12 bits per heavy atom. The zero-order valence-electron chi connectivity index (χ0n) is 10.3. The molecule has 0 bridgehead atoms. The average Bonchev–Trinajstić information content (AvgIpc) is 2.39. The van der Waals surface area contributed by atoms with Gasteiger partial charge >= 0.3 is 0 Å². The first-order chi connectivity index (χ1) is 8.20. The van der Waals surface area contributed by atoms with E-state index in [4.69, 9.17) is 5.26 Å². The van der Waals surface area contributed by atoms with Gasteiger partial charge in [-0.15, -0.1) is 0 Å². The monoisotopic (exact) mass is 231 g/mol. The van der Waals surface area contributed by atoms with Gasteiger partial charge in [0.1, 0.15) is 11.8 Å². The Morgan fingerprint density at radius 1 is 1.41 bits per heavy atom. The van der Waals surface area contributed by atoms with E-state index in [1.165, 1.54) is 0 Å². The molecule has 0 N–H and O–H groups in total. The van der Waals surface area contributed by atoms with Crippen LogP contribution in [0.4, 0.5) is 5.95 Å². The molecule has 0 atom stereocenters. The zero-order valence-corrected chi connectivity index (χ0v) is 10.3. The molecule has 2 rings (SSSR count). The van der Waals surface area contributed by atoms with Crippen molar-refractivity contribution in [3.8, 4) is 6.07 Å². The fourth-order valence-electron chi connectivity index (χ4n) is 2.15. The van der Waals surface area contributed by atoms with E-state index in [9.17, 15) is 0 Å². The fraction of sp³-hybridized carbons (Fsp3) is 0.583. The van der Waals surface area contributed by atoms with Gasteiger partial charge in [-0.05, 0) is 33.0 Å². The Balaban J connectivity index is 2.03. The molecule has 0 unspecified atom stereocenters. The van der Waals surface area contributed by atoms with Crippen molar-refractivity contribution < 1.29 is 0 Å². The summed E-state index contributed by atoms with van der Waals surface area (Å²) in [5.41, 5.74) is 0.435. The van der Waals surface area contributed by atoms with Gasteiger partial charge in [-0.2, -0.15) is 5.26 Å². The number of piperidine rings is 1. The molecule has 5 heteroatoms. The van der Waals surface area contributed by atoms with Crippen molar-refractivity contribution in [2.24, 2.45) is 0 Å². The summed E-state index contributed by atoms with van der Waals surface area (Å²) in [5.74, 6) is 0.682. The second-order valence-corrected chi connectivity index (χ2v) is 4.54. The molecule has 0 amide bonds. The van der Waals surface area contributed by atoms with E-state index >= 15 is 0 Å². The van der Waals surface area contributed by atoms with Crippen molar-refractivity contribution in [2.75, 3.05) is 32.1 Å². The number of aromatic nitrogens is 2. The topological polar surface area (TPSA) is 56.0 Å². The van der Waals surface area contributed by atoms with Crippen LogP contribution in [0.5, 0.6) is 0 Å². The van der Waals surface area contributed by atoms with Gasteiger partial charge in [-0.3, -0.25) is 0 Å². The van der Waals surface area contributed by atoms with Crippen molar-refractivity contribution in [1.29, 1.82) is 5.26 Å². The Labute approximate surface area is 102 Å². The first-order valence-electron chi connectivity index (χ1n) is 5.85. The van der Waals surface area contributed by atoms with Crippen LogP contribution in [0, 0.1) is 11.3 Å². The first-order valence-corrected chi connectivity index (χ1v) is 5.85. The summed E-state index contributed by atoms with van der Waals surface area (Å²) >= 11 is 0. The highest BCUT2D eigenvalue weighted by Crippen LogP contribution is 2.18. The minimum atomic E-state index is 0.435. The lowest BCUT2D eigenvalue weighted by molar-refractivity contribution is 0.249. The van der Waals surface area contributed by atoms with Gasteiger partial charge in [0.05, 0.1) is 0 Å². The van der Waals surface area contributed by atoms with Crippen LogP contribution in [0.3, 0.4) is 0 Å². The van der Waals surface area contributed by atoms with Gasteiger partial charge in [0, 0.05) is 25.3 Å². The fourth-order valence-corrected chi connectivity index (χ4v) is 2.15. The predicted molar refractivity (Wildman–Crippen MR) is 65.7 cm³/mol. The lowest BCUT2D eigenvalue weighted by Crippen LogP contribution is -2.42. The summed E-state index contributed by atoms with van der Waals surface area (Å²) < 4.78 is 0. The molecule has 0 saturated carbocycles. The summed E-state index contributed by atoms with van der Waals surface area (Å²) in [4.78, 5) is 12.9. The van der Waals surface area contributed by atoms with Gasteiger partial charge in [0.2, 0.25) is 5.95 Å². The Hall–Kier alpha value is -1.67. The molecule has 0 aliphatic carbocycles. The van der Waals surface area contributed by atoms with Gasteiger partial charge in [0.15, 0.2) is 0 Å². The van der Waals surface area contributed by atoms with Crippen molar-refractivity contribution in [1.82, 2.24) is 14.9 Å². The molecule has 1 aromatic heterocycles. The molecule has 1 saturated heterocycles. The minimum absolute atomic E-state index is 0.435. The lowest BCUT2D eigenvalue weighted by Gasteiger charge is -2.35. The normalized spacial score (nSPS) is 17.2. The number of hydrogen-bond acceptors (Lipinski definition) is 5. The first kappa shape index (κ1) is 11.8. The van der Waals surface area contributed by atoms with Crippen LogP contribution in [-0.2, 0) is 0 Å². The van der Waals surface area contributed by atoms with Crippen molar-refractivity contribution >= 4 is 5.95 Å². The molecule has 0 radical (unpaired) electrons. The molecule has 5 nitrogen and oxygen atoms in total. The number of nitrogens with zero attached hydrogens (tertiary/aromatic N) is 5. The zero-order chi connectivity index (χ0) is 12.3. The maximum atomic E-state index is 8.81. The lowest BCUT2D eigenvalue weighted by atomic mass is 10.0. The van der Waals surface area contributed by atoms with E-state index in [2.05, 4.69) is 33.9 Å². The smallest absolute Gasteiger partial charge is 0.226 e. The van der Waals surface area contributed by atoms with Crippen LogP contribution >= 0.6 is 0 Å². The molecule has 1 aliphatic rings. The Kier molecular flexibility index (Phi) is 3.55. The highest BCUT2D eigenvalue weighted by atomic mass is 15.3. The Morgan fingerprint density at radius 3 is 2.71 bits per heavy atom. The van der Waals surface area contributed by atoms with E-state index in [-0.39, 0.29) is 0 Å². The van der Waals surface area contributed by atoms with Crippen molar-refractivity contribution in [3.05, 3.63) is 18.0 Å². The predicted octanol–water partition coefficient (Wildman–Crippen LogP) is 0.879. The maximum Gasteiger partial charge on any atom is 0.226 e. The summed E-state index contributed by atoms with van der Waals surface area (Å²) in [5, 5.41) is 8.81. The Bertz CT molecular complexity index is 415. The van der Waals surface area contributed by atoms with E-state index in [1.54, 1.807) is 12.3 Å². The molecule has 17 heavy (non-hydrogen) atoms. The van der Waals surface area contributed by atoms with Crippen LogP contribution in [0.2, 0.25) is 0 Å². The summed E-state index contributed by atoms with van der Waals surface area (Å²) in [7, 11) is 4.24. The van der Waals surface area contributed by atoms with Crippen molar-refractivity contribution in [3.63, 3.8) is 0 Å². The van der Waals surface area contributed by atoms with E-state index in [0.29, 0.717) is 17.7 Å². The molecule has 1 aliphatic heterocycles. The van der Waals surface area contributed by atoms with Crippen molar-refractivity contribution in [2.45, 2.75) is 18.9 Å². The van der Waals surface area contributed by atoms with E-state index in [1.807, 2.05) is 6.07 Å². The number of hydrogen-bond donors (Lipinski definition) is 0. The van der Waals surface area contributed by atoms with Crippen LogP contribution in [0.1, 0.15) is 18.5 Å². The molecule has 90 valence electrons. The standard InChI is InChI=1S/C12H17N5/c1-16(2)11-4-7-17(8-5-11)12-14-6-3-10(9-13)15-12/h3,6,11H,4-5,7-8H2,1-2H3. The largest absolute Gasteiger partial charge is 0.341 e. The summed E-state index contributed by atoms with van der Waals surface area (Å²) in [6, 6.07) is 4.33. The highest BCUT2D eigenvalue weighted by molar-refractivity contribution is 5.34. The molecule has 1 fully saturated rings. The van der Waals surface area contributed by atoms with Crippen LogP contribution in [0.15, 0.2) is 12.3 Å². The number of nitriles is 1. The van der Waals surface area contributed by atoms with Crippen LogP contribution < -0.4 is 4.90 Å².